The maximum atomic E-state index is 13.2. The minimum Gasteiger partial charge on any atom is -0.459 e. The van der Waals surface area contributed by atoms with E-state index in [9.17, 15) is 9.59 Å². The predicted molar refractivity (Wildman–Crippen MR) is 108 cm³/mol. The average Bonchev–Trinajstić information content (AvgIpc) is 3.18. The molecule has 1 N–H and O–H groups in total. The Bertz CT molecular complexity index is 879. The van der Waals surface area contributed by atoms with Crippen molar-refractivity contribution in [2.45, 2.75) is 58.5 Å². The average molecular weight is 396 g/mol. The van der Waals surface area contributed by atoms with Gasteiger partial charge >= 0.3 is 5.97 Å². The van der Waals surface area contributed by atoms with Crippen molar-refractivity contribution in [3.8, 4) is 0 Å². The van der Waals surface area contributed by atoms with E-state index in [0.29, 0.717) is 24.2 Å². The van der Waals surface area contributed by atoms with Crippen LogP contribution in [0.5, 0.6) is 0 Å². The van der Waals surface area contributed by atoms with Crippen LogP contribution >= 0.6 is 0 Å². The lowest BCUT2D eigenvalue weighted by Gasteiger charge is -2.39. The first-order chi connectivity index (χ1) is 13.9. The minimum absolute atomic E-state index is 0.0392. The lowest BCUT2D eigenvalue weighted by molar-refractivity contribution is -0.142. The highest BCUT2D eigenvalue weighted by Crippen LogP contribution is 2.46. The summed E-state index contributed by atoms with van der Waals surface area (Å²) >= 11 is 0. The Labute approximate surface area is 171 Å². The molecule has 1 fully saturated rings. The number of pyridine rings is 1. The molecule has 1 saturated heterocycles. The number of Topliss-reactive ketones (excluding diaryl/α,β-unsaturated/α-hetero) is 1. The van der Waals surface area contributed by atoms with Gasteiger partial charge in [0.25, 0.3) is 0 Å². The van der Waals surface area contributed by atoms with Crippen LogP contribution in [0.15, 0.2) is 47.1 Å². The molecule has 3 aliphatic rings. The minimum atomic E-state index is -0.435. The molecule has 4 rings (SSSR count). The summed E-state index contributed by atoms with van der Waals surface area (Å²) in [5.74, 6) is -0.742. The van der Waals surface area contributed by atoms with E-state index in [1.807, 2.05) is 19.1 Å². The van der Waals surface area contributed by atoms with Crippen molar-refractivity contribution in [1.29, 1.82) is 0 Å². The van der Waals surface area contributed by atoms with Gasteiger partial charge in [-0.15, -0.1) is 0 Å². The van der Waals surface area contributed by atoms with E-state index >= 15 is 0 Å². The van der Waals surface area contributed by atoms with Crippen molar-refractivity contribution in [1.82, 2.24) is 10.3 Å². The fourth-order valence-electron chi connectivity index (χ4n) is 4.62. The summed E-state index contributed by atoms with van der Waals surface area (Å²) in [6.07, 6.45) is 6.48. The van der Waals surface area contributed by atoms with Gasteiger partial charge in [-0.05, 0) is 49.3 Å². The van der Waals surface area contributed by atoms with Crippen molar-refractivity contribution in [3.63, 3.8) is 0 Å². The lowest BCUT2D eigenvalue weighted by atomic mass is 9.68. The number of allylic oxidation sites excluding steroid dienone is 3. The molecule has 0 unspecified atom stereocenters. The Morgan fingerprint density at radius 2 is 2.07 bits per heavy atom. The standard InChI is InChI=1S/C23H28N2O4/c1-14-19(22(27)29-13-16-5-4-10-28-16)20(15-6-8-24-9-7-15)21-17(25-14)11-23(2,3)12-18(21)26/h6-9,16,20,25H,4-5,10-13H2,1-3H3/t16-,20+/m1/s1. The van der Waals surface area contributed by atoms with Crippen LogP contribution in [0.1, 0.15) is 57.9 Å². The summed E-state index contributed by atoms with van der Waals surface area (Å²) in [6, 6.07) is 3.74. The molecule has 6 heteroatoms. The van der Waals surface area contributed by atoms with Crippen molar-refractivity contribution in [2.24, 2.45) is 5.41 Å². The fourth-order valence-corrected chi connectivity index (χ4v) is 4.62. The Morgan fingerprint density at radius 1 is 1.31 bits per heavy atom. The van der Waals surface area contributed by atoms with Gasteiger partial charge in [0, 0.05) is 48.3 Å². The first-order valence-electron chi connectivity index (χ1n) is 10.3. The molecule has 2 atom stereocenters. The molecular formula is C23H28N2O4. The molecule has 0 aromatic carbocycles. The summed E-state index contributed by atoms with van der Waals surface area (Å²) in [5.41, 5.74) is 3.62. The first-order valence-corrected chi connectivity index (χ1v) is 10.3. The maximum Gasteiger partial charge on any atom is 0.336 e. The zero-order valence-corrected chi connectivity index (χ0v) is 17.3. The summed E-state index contributed by atoms with van der Waals surface area (Å²) in [6.45, 7) is 7.04. The van der Waals surface area contributed by atoms with Crippen LogP contribution in [0.3, 0.4) is 0 Å². The number of ketones is 1. The van der Waals surface area contributed by atoms with Crippen LogP contribution in [-0.4, -0.2) is 36.1 Å². The highest BCUT2D eigenvalue weighted by atomic mass is 16.6. The zero-order valence-electron chi connectivity index (χ0n) is 17.3. The van der Waals surface area contributed by atoms with Gasteiger partial charge in [0.05, 0.1) is 11.7 Å². The van der Waals surface area contributed by atoms with E-state index in [1.54, 1.807) is 12.4 Å². The first kappa shape index (κ1) is 19.8. The molecule has 0 amide bonds. The highest BCUT2D eigenvalue weighted by molar-refractivity contribution is 6.04. The molecule has 1 aromatic heterocycles. The number of carbonyl (C=O) groups is 2. The molecule has 2 aliphatic heterocycles. The van der Waals surface area contributed by atoms with Crippen LogP contribution in [0.2, 0.25) is 0 Å². The molecular weight excluding hydrogens is 368 g/mol. The Kier molecular flexibility index (Phi) is 5.30. The van der Waals surface area contributed by atoms with Crippen LogP contribution in [0.4, 0.5) is 0 Å². The molecule has 6 nitrogen and oxygen atoms in total. The Hall–Kier alpha value is -2.47. The fraction of sp³-hybridized carbons (Fsp3) is 0.522. The molecule has 0 bridgehead atoms. The summed E-state index contributed by atoms with van der Waals surface area (Å²) in [4.78, 5) is 30.4. The molecule has 3 heterocycles. The second-order valence-corrected chi connectivity index (χ2v) is 8.94. The van der Waals surface area contributed by atoms with Gasteiger partial charge < -0.3 is 14.8 Å². The van der Waals surface area contributed by atoms with Gasteiger partial charge in [-0.2, -0.15) is 0 Å². The second kappa shape index (κ2) is 7.75. The largest absolute Gasteiger partial charge is 0.459 e. The molecule has 154 valence electrons. The maximum absolute atomic E-state index is 13.2. The van der Waals surface area contributed by atoms with Crippen LogP contribution in [0, 0.1) is 5.41 Å². The van der Waals surface area contributed by atoms with Gasteiger partial charge in [0.1, 0.15) is 6.61 Å². The van der Waals surface area contributed by atoms with Crippen molar-refractivity contribution < 1.29 is 19.1 Å². The van der Waals surface area contributed by atoms with Crippen molar-refractivity contribution in [2.75, 3.05) is 13.2 Å². The quantitative estimate of drug-likeness (QED) is 0.786. The van der Waals surface area contributed by atoms with Gasteiger partial charge in [-0.1, -0.05) is 13.8 Å². The molecule has 0 spiro atoms. The van der Waals surface area contributed by atoms with E-state index in [4.69, 9.17) is 9.47 Å². The molecule has 1 aromatic rings. The third-order valence-corrected chi connectivity index (χ3v) is 5.92. The van der Waals surface area contributed by atoms with Crippen LogP contribution in [-0.2, 0) is 19.1 Å². The number of ether oxygens (including phenoxy) is 2. The lowest BCUT2D eigenvalue weighted by Crippen LogP contribution is -2.39. The number of hydrogen-bond donors (Lipinski definition) is 1. The van der Waals surface area contributed by atoms with Crippen molar-refractivity contribution in [3.05, 3.63) is 52.6 Å². The third-order valence-electron chi connectivity index (χ3n) is 5.92. The van der Waals surface area contributed by atoms with E-state index in [-0.39, 0.29) is 23.9 Å². The van der Waals surface area contributed by atoms with E-state index in [2.05, 4.69) is 24.1 Å². The summed E-state index contributed by atoms with van der Waals surface area (Å²) < 4.78 is 11.2. The normalized spacial score (nSPS) is 26.2. The Morgan fingerprint density at radius 3 is 2.76 bits per heavy atom. The number of nitrogens with one attached hydrogen (secondary N) is 1. The van der Waals surface area contributed by atoms with Gasteiger partial charge in [0.15, 0.2) is 5.78 Å². The second-order valence-electron chi connectivity index (χ2n) is 8.94. The summed E-state index contributed by atoms with van der Waals surface area (Å²) in [7, 11) is 0. The number of carbonyl (C=O) groups excluding carboxylic acids is 2. The number of aromatic nitrogens is 1. The summed E-state index contributed by atoms with van der Waals surface area (Å²) in [5, 5.41) is 3.35. The number of hydrogen-bond acceptors (Lipinski definition) is 6. The highest BCUT2D eigenvalue weighted by Gasteiger charge is 2.43. The number of rotatable bonds is 4. The monoisotopic (exact) mass is 396 g/mol. The van der Waals surface area contributed by atoms with E-state index in [1.165, 1.54) is 0 Å². The third kappa shape index (κ3) is 3.99. The topological polar surface area (TPSA) is 77.5 Å². The smallest absolute Gasteiger partial charge is 0.336 e. The van der Waals surface area contributed by atoms with Crippen LogP contribution < -0.4 is 5.32 Å². The van der Waals surface area contributed by atoms with E-state index in [0.717, 1.165) is 36.2 Å². The van der Waals surface area contributed by atoms with Gasteiger partial charge in [-0.25, -0.2) is 4.79 Å². The molecule has 29 heavy (non-hydrogen) atoms. The Balaban J connectivity index is 1.70. The SMILES string of the molecule is CC1=C(C(=O)OC[C@H]2CCCO2)[C@H](c2ccncc2)C2=C(CC(C)(C)CC2=O)N1. The van der Waals surface area contributed by atoms with Crippen LogP contribution in [0.25, 0.3) is 0 Å². The number of nitrogens with zero attached hydrogens (tertiary/aromatic N) is 1. The zero-order chi connectivity index (χ0) is 20.6. The predicted octanol–water partition coefficient (Wildman–Crippen LogP) is 3.41. The molecule has 0 radical (unpaired) electrons. The number of dihydropyridines is 1. The molecule has 0 saturated carbocycles. The molecule has 1 aliphatic carbocycles. The van der Waals surface area contributed by atoms with Crippen molar-refractivity contribution >= 4 is 11.8 Å². The van der Waals surface area contributed by atoms with E-state index < -0.39 is 11.9 Å². The van der Waals surface area contributed by atoms with Gasteiger partial charge in [0.2, 0.25) is 0 Å². The van der Waals surface area contributed by atoms with Gasteiger partial charge in [-0.3, -0.25) is 9.78 Å². The number of esters is 1.